The van der Waals surface area contributed by atoms with Crippen LogP contribution in [-0.2, 0) is 19.1 Å². The Morgan fingerprint density at radius 2 is 1.16 bits per heavy atom. The van der Waals surface area contributed by atoms with E-state index in [0.717, 1.165) is 96.4 Å². The molecule has 0 saturated heterocycles. The minimum atomic E-state index is -0.145. The standard InChI is InChI=1S/C45H77NO5/c1-4-7-9-11-12-13-14-15-16-17-18-19-20-23-26-29-33-37-45(49)51-43(35-31-10-8-5-2)36-32-28-25-22-21-24-27-30-34-42-50-44(48)38-39-46(6-3)40-41-47/h7,9,12-13,15-16,18-19,23,26,28,32,43,47H,4-6,8,10-11,14,17,20-22,24-25,27,29-31,33-42H2,1-3H3/b9-7-,13-12-,16-15-,19-18-,26-23-,32-28-. The number of hydrogen-bond donors (Lipinski definition) is 1. The third-order valence-corrected chi connectivity index (χ3v) is 8.68. The van der Waals surface area contributed by atoms with Crippen LogP contribution in [0.3, 0.4) is 0 Å². The van der Waals surface area contributed by atoms with Crippen molar-refractivity contribution < 1.29 is 24.2 Å². The number of unbranched alkanes of at least 4 members (excludes halogenated alkanes) is 10. The summed E-state index contributed by atoms with van der Waals surface area (Å²) in [5.41, 5.74) is 0. The molecule has 0 aromatic heterocycles. The lowest BCUT2D eigenvalue weighted by Crippen LogP contribution is -2.29. The van der Waals surface area contributed by atoms with Crippen molar-refractivity contribution in [2.75, 3.05) is 32.8 Å². The number of carbonyl (C=O) groups excluding carboxylic acids is 2. The molecule has 0 rings (SSSR count). The number of carbonyl (C=O) groups is 2. The van der Waals surface area contributed by atoms with Gasteiger partial charge in [0.25, 0.3) is 0 Å². The monoisotopic (exact) mass is 712 g/mol. The van der Waals surface area contributed by atoms with Gasteiger partial charge in [0.1, 0.15) is 6.10 Å². The molecule has 1 atom stereocenters. The molecule has 0 amide bonds. The van der Waals surface area contributed by atoms with Gasteiger partial charge in [0.15, 0.2) is 0 Å². The molecule has 0 spiro atoms. The average Bonchev–Trinajstić information content (AvgIpc) is 3.13. The van der Waals surface area contributed by atoms with Gasteiger partial charge >= 0.3 is 11.9 Å². The number of likely N-dealkylation sites (N-methyl/N-ethyl adjacent to an activating group) is 1. The highest BCUT2D eigenvalue weighted by Gasteiger charge is 2.13. The number of hydrogen-bond acceptors (Lipinski definition) is 6. The van der Waals surface area contributed by atoms with Crippen LogP contribution in [0, 0.1) is 0 Å². The van der Waals surface area contributed by atoms with Crippen LogP contribution in [0.25, 0.3) is 0 Å². The Kier molecular flexibility index (Phi) is 38.0. The van der Waals surface area contributed by atoms with Gasteiger partial charge in [0, 0.05) is 25.9 Å². The molecule has 0 aliphatic rings. The maximum atomic E-state index is 12.6. The van der Waals surface area contributed by atoms with Crippen LogP contribution in [-0.4, -0.2) is 60.9 Å². The molecule has 0 aromatic rings. The molecule has 6 nitrogen and oxygen atoms in total. The smallest absolute Gasteiger partial charge is 0.307 e. The van der Waals surface area contributed by atoms with Gasteiger partial charge < -0.3 is 19.5 Å². The molecule has 1 unspecified atom stereocenters. The maximum Gasteiger partial charge on any atom is 0.307 e. The Morgan fingerprint density at radius 3 is 1.78 bits per heavy atom. The van der Waals surface area contributed by atoms with Crippen molar-refractivity contribution in [3.63, 3.8) is 0 Å². The van der Waals surface area contributed by atoms with Crippen molar-refractivity contribution in [1.82, 2.24) is 4.90 Å². The molecule has 0 bridgehead atoms. The van der Waals surface area contributed by atoms with E-state index in [1.165, 1.54) is 38.5 Å². The zero-order valence-corrected chi connectivity index (χ0v) is 33.1. The summed E-state index contributed by atoms with van der Waals surface area (Å²) in [5.74, 6) is -0.208. The second-order valence-corrected chi connectivity index (χ2v) is 13.3. The van der Waals surface area contributed by atoms with E-state index in [2.05, 4.69) is 91.7 Å². The highest BCUT2D eigenvalue weighted by molar-refractivity contribution is 5.69. The average molecular weight is 712 g/mol. The van der Waals surface area contributed by atoms with Crippen molar-refractivity contribution in [2.24, 2.45) is 0 Å². The number of nitrogens with zero attached hydrogens (tertiary/aromatic N) is 1. The van der Waals surface area contributed by atoms with Gasteiger partial charge in [-0.2, -0.15) is 0 Å². The molecule has 0 radical (unpaired) electrons. The molecule has 51 heavy (non-hydrogen) atoms. The summed E-state index contributed by atoms with van der Waals surface area (Å²) in [6.07, 6.45) is 48.4. The zero-order valence-electron chi connectivity index (χ0n) is 33.1. The molecule has 0 fully saturated rings. The third-order valence-electron chi connectivity index (χ3n) is 8.68. The topological polar surface area (TPSA) is 76.1 Å². The summed E-state index contributed by atoms with van der Waals surface area (Å²) >= 11 is 0. The van der Waals surface area contributed by atoms with Gasteiger partial charge in [-0.1, -0.05) is 139 Å². The van der Waals surface area contributed by atoms with Crippen LogP contribution >= 0.6 is 0 Å². The first-order chi connectivity index (χ1) is 25.1. The fourth-order valence-electron chi connectivity index (χ4n) is 5.52. The summed E-state index contributed by atoms with van der Waals surface area (Å²) in [5, 5.41) is 9.04. The minimum Gasteiger partial charge on any atom is -0.466 e. The molecule has 6 heteroatoms. The summed E-state index contributed by atoms with van der Waals surface area (Å²) in [4.78, 5) is 26.5. The minimum absolute atomic E-state index is 0.0143. The third kappa shape index (κ3) is 36.9. The van der Waals surface area contributed by atoms with E-state index in [1.807, 2.05) is 6.92 Å². The molecular weight excluding hydrogens is 634 g/mol. The Morgan fingerprint density at radius 1 is 0.588 bits per heavy atom. The molecule has 292 valence electrons. The van der Waals surface area contributed by atoms with E-state index in [4.69, 9.17) is 14.6 Å². The highest BCUT2D eigenvalue weighted by Crippen LogP contribution is 2.15. The molecule has 0 heterocycles. The Bertz CT molecular complexity index is 964. The quantitative estimate of drug-likeness (QED) is 0.0396. The van der Waals surface area contributed by atoms with Crippen molar-refractivity contribution in [2.45, 2.75) is 168 Å². The van der Waals surface area contributed by atoms with Gasteiger partial charge in [-0.25, -0.2) is 0 Å². The van der Waals surface area contributed by atoms with Crippen LogP contribution in [0.5, 0.6) is 0 Å². The molecule has 0 aromatic carbocycles. The van der Waals surface area contributed by atoms with Gasteiger partial charge in [-0.3, -0.25) is 9.59 Å². The normalized spacial score (nSPS) is 13.0. The Balaban J connectivity index is 4.05. The van der Waals surface area contributed by atoms with E-state index in [-0.39, 0.29) is 24.6 Å². The second-order valence-electron chi connectivity index (χ2n) is 13.3. The summed E-state index contributed by atoms with van der Waals surface area (Å²) in [7, 11) is 0. The molecule has 0 aliphatic heterocycles. The van der Waals surface area contributed by atoms with Crippen LogP contribution in [0.2, 0.25) is 0 Å². The van der Waals surface area contributed by atoms with E-state index >= 15 is 0 Å². The zero-order chi connectivity index (χ0) is 37.3. The first-order valence-electron chi connectivity index (χ1n) is 20.6. The summed E-state index contributed by atoms with van der Waals surface area (Å²) in [6, 6.07) is 0. The molecular formula is C45H77NO5. The predicted molar refractivity (Wildman–Crippen MR) is 218 cm³/mol. The van der Waals surface area contributed by atoms with Crippen molar-refractivity contribution in [1.29, 1.82) is 0 Å². The lowest BCUT2D eigenvalue weighted by Gasteiger charge is -2.18. The van der Waals surface area contributed by atoms with Gasteiger partial charge in [-0.15, -0.1) is 0 Å². The Hall–Kier alpha value is -2.70. The highest BCUT2D eigenvalue weighted by atomic mass is 16.5. The number of aliphatic hydroxyl groups excluding tert-OH is 1. The fourth-order valence-corrected chi connectivity index (χ4v) is 5.52. The maximum absolute atomic E-state index is 12.6. The summed E-state index contributed by atoms with van der Waals surface area (Å²) < 4.78 is 11.3. The molecule has 0 saturated carbocycles. The van der Waals surface area contributed by atoms with E-state index < -0.39 is 0 Å². The van der Waals surface area contributed by atoms with Crippen LogP contribution in [0.4, 0.5) is 0 Å². The first kappa shape index (κ1) is 48.3. The molecule has 1 N–H and O–H groups in total. The van der Waals surface area contributed by atoms with Gasteiger partial charge in [0.2, 0.25) is 0 Å². The number of aliphatic hydroxyl groups is 1. The fraction of sp³-hybridized carbons (Fsp3) is 0.689. The van der Waals surface area contributed by atoms with Crippen LogP contribution in [0.1, 0.15) is 162 Å². The predicted octanol–water partition coefficient (Wildman–Crippen LogP) is 11.7. The lowest BCUT2D eigenvalue weighted by molar-refractivity contribution is -0.149. The second kappa shape index (κ2) is 40.1. The number of rotatable bonds is 36. The summed E-state index contributed by atoms with van der Waals surface area (Å²) in [6.45, 7) is 9.09. The lowest BCUT2D eigenvalue weighted by atomic mass is 10.1. The largest absolute Gasteiger partial charge is 0.466 e. The van der Waals surface area contributed by atoms with Gasteiger partial charge in [-0.05, 0) is 83.6 Å². The molecule has 0 aliphatic carbocycles. The van der Waals surface area contributed by atoms with E-state index in [9.17, 15) is 9.59 Å². The number of esters is 2. The van der Waals surface area contributed by atoms with E-state index in [0.29, 0.717) is 32.5 Å². The Labute approximate surface area is 314 Å². The number of ether oxygens (including phenoxy) is 2. The number of allylic oxidation sites excluding steroid dienone is 11. The van der Waals surface area contributed by atoms with Crippen molar-refractivity contribution in [3.05, 3.63) is 72.9 Å². The van der Waals surface area contributed by atoms with Crippen LogP contribution in [0.15, 0.2) is 72.9 Å². The van der Waals surface area contributed by atoms with Gasteiger partial charge in [0.05, 0.1) is 19.6 Å². The SMILES string of the molecule is CC/C=C\C/C=C\C/C=C\C/C=C\C/C=C\CCCC(=O)OC(C/C=C\CCCCCCCCOC(=O)CCN(CC)CCO)CCCCCC. The van der Waals surface area contributed by atoms with Crippen molar-refractivity contribution in [3.8, 4) is 0 Å². The van der Waals surface area contributed by atoms with Crippen molar-refractivity contribution >= 4 is 11.9 Å². The van der Waals surface area contributed by atoms with Crippen LogP contribution < -0.4 is 0 Å². The first-order valence-corrected chi connectivity index (χ1v) is 20.6. The van der Waals surface area contributed by atoms with E-state index in [1.54, 1.807) is 0 Å².